The molecule has 0 saturated heterocycles. The number of aromatic nitrogens is 3. The second-order valence-corrected chi connectivity index (χ2v) is 6.35. The molecule has 1 aromatic heterocycles. The summed E-state index contributed by atoms with van der Waals surface area (Å²) in [6.45, 7) is 1.90. The van der Waals surface area contributed by atoms with Gasteiger partial charge < -0.3 is 0 Å². The number of benzene rings is 2. The number of alkyl halides is 3. The Bertz CT molecular complexity index is 826. The second kappa shape index (κ2) is 6.68. The highest BCUT2D eigenvalue weighted by molar-refractivity contribution is 7.98. The van der Waals surface area contributed by atoms with E-state index in [1.54, 1.807) is 0 Å². The zero-order valence-electron chi connectivity index (χ0n) is 12.8. The molecular formula is C17H14F3N3S. The van der Waals surface area contributed by atoms with Crippen molar-refractivity contribution in [3.8, 4) is 11.3 Å². The molecule has 0 bridgehead atoms. The van der Waals surface area contributed by atoms with Crippen molar-refractivity contribution in [1.29, 1.82) is 0 Å². The van der Waals surface area contributed by atoms with Gasteiger partial charge in [0.05, 0.1) is 11.3 Å². The number of H-pyrrole nitrogens is 1. The van der Waals surface area contributed by atoms with Crippen molar-refractivity contribution in [2.24, 2.45) is 0 Å². The Morgan fingerprint density at radius 2 is 1.83 bits per heavy atom. The Balaban J connectivity index is 1.70. The third kappa shape index (κ3) is 3.79. The van der Waals surface area contributed by atoms with E-state index in [4.69, 9.17) is 0 Å². The fourth-order valence-corrected chi connectivity index (χ4v) is 3.11. The number of aromatic amines is 1. The number of nitrogens with zero attached hydrogens (tertiary/aromatic N) is 2. The van der Waals surface area contributed by atoms with Gasteiger partial charge in [0, 0.05) is 16.2 Å². The summed E-state index contributed by atoms with van der Waals surface area (Å²) in [5, 5.41) is 10.6. The second-order valence-electron chi connectivity index (χ2n) is 5.30. The molecule has 0 saturated carbocycles. The van der Waals surface area contributed by atoms with Gasteiger partial charge in [0.25, 0.3) is 0 Å². The average molecular weight is 349 g/mol. The van der Waals surface area contributed by atoms with E-state index in [0.717, 1.165) is 39.5 Å². The Kier molecular flexibility index (Phi) is 4.62. The lowest BCUT2D eigenvalue weighted by atomic mass is 10.1. The highest BCUT2D eigenvalue weighted by Crippen LogP contribution is 2.32. The molecule has 3 nitrogen and oxygen atoms in total. The quantitative estimate of drug-likeness (QED) is 0.667. The lowest BCUT2D eigenvalue weighted by Gasteiger charge is -2.08. The summed E-state index contributed by atoms with van der Waals surface area (Å²) in [6, 6.07) is 13.1. The molecule has 0 unspecified atom stereocenters. The average Bonchev–Trinajstić information content (AvgIpc) is 2.99. The van der Waals surface area contributed by atoms with Crippen LogP contribution >= 0.6 is 11.8 Å². The van der Waals surface area contributed by atoms with Crippen LogP contribution in [0.4, 0.5) is 13.2 Å². The SMILES string of the molecule is Cc1[nH]nnc1-c1cccc(CSc2ccc(C(F)(F)F)cc2)c1. The normalized spacial score (nSPS) is 11.7. The molecule has 0 fully saturated rings. The largest absolute Gasteiger partial charge is 0.416 e. The highest BCUT2D eigenvalue weighted by Gasteiger charge is 2.29. The number of rotatable bonds is 4. The number of aryl methyl sites for hydroxylation is 1. The van der Waals surface area contributed by atoms with Crippen molar-refractivity contribution in [3.05, 3.63) is 65.4 Å². The molecular weight excluding hydrogens is 335 g/mol. The Morgan fingerprint density at radius 1 is 1.08 bits per heavy atom. The molecule has 1 N–H and O–H groups in total. The first-order chi connectivity index (χ1) is 11.4. The van der Waals surface area contributed by atoms with Gasteiger partial charge in [-0.05, 0) is 42.8 Å². The molecule has 2 aromatic carbocycles. The van der Waals surface area contributed by atoms with E-state index in [0.29, 0.717) is 5.75 Å². The summed E-state index contributed by atoms with van der Waals surface area (Å²) in [4.78, 5) is 0.797. The minimum atomic E-state index is -4.30. The van der Waals surface area contributed by atoms with Crippen LogP contribution in [0.1, 0.15) is 16.8 Å². The minimum absolute atomic E-state index is 0.629. The van der Waals surface area contributed by atoms with Crippen LogP contribution in [0.5, 0.6) is 0 Å². The Hall–Kier alpha value is -2.28. The maximum absolute atomic E-state index is 12.6. The van der Waals surface area contributed by atoms with Gasteiger partial charge in [-0.15, -0.1) is 16.9 Å². The molecule has 0 aliphatic rings. The van der Waals surface area contributed by atoms with Crippen LogP contribution in [0.3, 0.4) is 0 Å². The van der Waals surface area contributed by atoms with Crippen LogP contribution in [0.25, 0.3) is 11.3 Å². The molecule has 1 heterocycles. The van der Waals surface area contributed by atoms with Crippen molar-refractivity contribution in [2.45, 2.75) is 23.7 Å². The van der Waals surface area contributed by atoms with Gasteiger partial charge in [0.2, 0.25) is 0 Å². The van der Waals surface area contributed by atoms with Crippen LogP contribution in [0.2, 0.25) is 0 Å². The number of hydrogen-bond acceptors (Lipinski definition) is 3. The summed E-state index contributed by atoms with van der Waals surface area (Å²) in [5.41, 5.74) is 3.10. The van der Waals surface area contributed by atoms with Crippen LogP contribution in [0.15, 0.2) is 53.4 Å². The topological polar surface area (TPSA) is 41.6 Å². The van der Waals surface area contributed by atoms with Gasteiger partial charge in [-0.2, -0.15) is 13.2 Å². The fourth-order valence-electron chi connectivity index (χ4n) is 2.27. The van der Waals surface area contributed by atoms with E-state index >= 15 is 0 Å². The highest BCUT2D eigenvalue weighted by atomic mass is 32.2. The van der Waals surface area contributed by atoms with Crippen LogP contribution in [0, 0.1) is 6.92 Å². The van der Waals surface area contributed by atoms with Crippen molar-refractivity contribution >= 4 is 11.8 Å². The fraction of sp³-hybridized carbons (Fsp3) is 0.176. The van der Waals surface area contributed by atoms with E-state index in [1.165, 1.54) is 23.9 Å². The minimum Gasteiger partial charge on any atom is -0.262 e. The maximum Gasteiger partial charge on any atom is 0.416 e. The molecule has 24 heavy (non-hydrogen) atoms. The van der Waals surface area contributed by atoms with Crippen LogP contribution < -0.4 is 0 Å². The molecule has 0 atom stereocenters. The van der Waals surface area contributed by atoms with Gasteiger partial charge >= 0.3 is 6.18 Å². The summed E-state index contributed by atoms with van der Waals surface area (Å²) in [5.74, 6) is 0.663. The first-order valence-electron chi connectivity index (χ1n) is 7.20. The molecule has 7 heteroatoms. The zero-order chi connectivity index (χ0) is 17.2. The molecule has 0 amide bonds. The smallest absolute Gasteiger partial charge is 0.262 e. The number of thioether (sulfide) groups is 1. The van der Waals surface area contributed by atoms with E-state index < -0.39 is 11.7 Å². The van der Waals surface area contributed by atoms with Crippen molar-refractivity contribution in [3.63, 3.8) is 0 Å². The van der Waals surface area contributed by atoms with Crippen LogP contribution in [-0.4, -0.2) is 15.4 Å². The van der Waals surface area contributed by atoms with Gasteiger partial charge in [-0.25, -0.2) is 0 Å². The molecule has 124 valence electrons. The molecule has 0 radical (unpaired) electrons. The van der Waals surface area contributed by atoms with Gasteiger partial charge in [-0.1, -0.05) is 23.4 Å². The first-order valence-corrected chi connectivity index (χ1v) is 8.19. The Morgan fingerprint density at radius 3 is 2.46 bits per heavy atom. The number of halogens is 3. The van der Waals surface area contributed by atoms with E-state index in [2.05, 4.69) is 15.4 Å². The van der Waals surface area contributed by atoms with E-state index in [9.17, 15) is 13.2 Å². The predicted octanol–water partition coefficient (Wildman–Crippen LogP) is 5.09. The lowest BCUT2D eigenvalue weighted by molar-refractivity contribution is -0.137. The molecule has 0 aliphatic heterocycles. The molecule has 3 aromatic rings. The van der Waals surface area contributed by atoms with Crippen molar-refractivity contribution < 1.29 is 13.2 Å². The molecule has 0 aliphatic carbocycles. The van der Waals surface area contributed by atoms with Crippen LogP contribution in [-0.2, 0) is 11.9 Å². The molecule has 0 spiro atoms. The van der Waals surface area contributed by atoms with E-state index in [-0.39, 0.29) is 0 Å². The summed E-state index contributed by atoms with van der Waals surface area (Å²) in [6.07, 6.45) is -4.30. The maximum atomic E-state index is 12.6. The third-order valence-electron chi connectivity index (χ3n) is 3.51. The summed E-state index contributed by atoms with van der Waals surface area (Å²) >= 11 is 1.49. The lowest BCUT2D eigenvalue weighted by Crippen LogP contribution is -2.03. The van der Waals surface area contributed by atoms with Crippen molar-refractivity contribution in [2.75, 3.05) is 0 Å². The Labute approximate surface area is 141 Å². The third-order valence-corrected chi connectivity index (χ3v) is 4.59. The summed E-state index contributed by atoms with van der Waals surface area (Å²) < 4.78 is 37.7. The summed E-state index contributed by atoms with van der Waals surface area (Å²) in [7, 11) is 0. The van der Waals surface area contributed by atoms with E-state index in [1.807, 2.05) is 31.2 Å². The predicted molar refractivity (Wildman–Crippen MR) is 87.6 cm³/mol. The van der Waals surface area contributed by atoms with Gasteiger partial charge in [0.15, 0.2) is 0 Å². The zero-order valence-corrected chi connectivity index (χ0v) is 13.6. The first kappa shape index (κ1) is 16.6. The number of nitrogens with one attached hydrogen (secondary N) is 1. The van der Waals surface area contributed by atoms with Gasteiger partial charge in [-0.3, -0.25) is 5.10 Å². The molecule has 3 rings (SSSR count). The standard InChI is InChI=1S/C17H14F3N3S/c1-11-16(22-23-21-11)13-4-2-3-12(9-13)10-24-15-7-5-14(6-8-15)17(18,19)20/h2-9H,10H2,1H3,(H,21,22,23). The number of hydrogen-bond donors (Lipinski definition) is 1. The van der Waals surface area contributed by atoms with Gasteiger partial charge in [0.1, 0.15) is 5.69 Å². The van der Waals surface area contributed by atoms with Crippen molar-refractivity contribution in [1.82, 2.24) is 15.4 Å². The monoisotopic (exact) mass is 349 g/mol.